The third-order valence-electron chi connectivity index (χ3n) is 3.10. The number of rotatable bonds is 5. The van der Waals surface area contributed by atoms with Gasteiger partial charge in [-0.15, -0.1) is 0 Å². The van der Waals surface area contributed by atoms with E-state index in [9.17, 15) is 13.2 Å². The molecule has 0 fully saturated rings. The molecule has 0 amide bonds. The molecule has 2 N–H and O–H groups in total. The van der Waals surface area contributed by atoms with Crippen molar-refractivity contribution in [1.29, 1.82) is 0 Å². The third-order valence-corrected chi connectivity index (χ3v) is 4.35. The fourth-order valence-electron chi connectivity index (χ4n) is 1.98. The lowest BCUT2D eigenvalue weighted by Crippen LogP contribution is -2.12. The van der Waals surface area contributed by atoms with Gasteiger partial charge in [-0.2, -0.15) is 13.5 Å². The number of aromatic amines is 1. The molecule has 1 aromatic carbocycles. The van der Waals surface area contributed by atoms with E-state index in [4.69, 9.17) is 9.15 Å². The van der Waals surface area contributed by atoms with Crippen molar-refractivity contribution in [2.24, 2.45) is 0 Å². The second-order valence-electron chi connectivity index (χ2n) is 4.76. The Hall–Kier alpha value is -3.07. The lowest BCUT2D eigenvalue weighted by molar-refractivity contribution is 0.415. The average Bonchev–Trinajstić information content (AvgIpc) is 3.06. The molecule has 9 heteroatoms. The van der Waals surface area contributed by atoms with E-state index in [1.165, 1.54) is 31.4 Å². The summed E-state index contributed by atoms with van der Waals surface area (Å²) in [7, 11) is -2.42. The summed E-state index contributed by atoms with van der Waals surface area (Å²) in [5.74, 6) is 0.741. The monoisotopic (exact) mass is 347 g/mol. The van der Waals surface area contributed by atoms with Gasteiger partial charge in [0.15, 0.2) is 5.76 Å². The molecule has 2 aromatic heterocycles. The molecule has 0 bridgehead atoms. The van der Waals surface area contributed by atoms with Gasteiger partial charge in [-0.3, -0.25) is 9.52 Å². The molecule has 0 aliphatic carbocycles. The van der Waals surface area contributed by atoms with Crippen LogP contribution in [0.3, 0.4) is 0 Å². The van der Waals surface area contributed by atoms with Gasteiger partial charge in [-0.1, -0.05) is 6.07 Å². The van der Waals surface area contributed by atoms with Gasteiger partial charge in [0.1, 0.15) is 11.4 Å². The molecular formula is C15H13N3O5S. The molecule has 0 saturated heterocycles. The standard InChI is InChI=1S/C15H13N3O5S/c1-22-11-4-2-3-10(9-11)18-24(20,21)15-8-6-13(23-15)12-5-7-14(19)17-16-12/h2-9,18H,1H3,(H,17,19). The van der Waals surface area contributed by atoms with Crippen LogP contribution in [-0.4, -0.2) is 25.7 Å². The topological polar surface area (TPSA) is 114 Å². The van der Waals surface area contributed by atoms with E-state index in [0.717, 1.165) is 0 Å². The second-order valence-corrected chi connectivity index (χ2v) is 6.38. The first-order valence-electron chi connectivity index (χ1n) is 6.81. The summed E-state index contributed by atoms with van der Waals surface area (Å²) in [5.41, 5.74) is 0.296. The first-order chi connectivity index (χ1) is 11.5. The van der Waals surface area contributed by atoms with Crippen molar-refractivity contribution in [3.63, 3.8) is 0 Å². The van der Waals surface area contributed by atoms with Crippen molar-refractivity contribution in [1.82, 2.24) is 10.2 Å². The Morgan fingerprint density at radius 2 is 2.00 bits per heavy atom. The third kappa shape index (κ3) is 3.30. The van der Waals surface area contributed by atoms with Gasteiger partial charge >= 0.3 is 0 Å². The molecule has 3 aromatic rings. The number of methoxy groups -OCH3 is 1. The lowest BCUT2D eigenvalue weighted by Gasteiger charge is -2.07. The summed E-state index contributed by atoms with van der Waals surface area (Å²) >= 11 is 0. The second kappa shape index (κ2) is 6.20. The number of furan rings is 1. The molecule has 0 atom stereocenters. The maximum atomic E-state index is 12.4. The number of benzene rings is 1. The quantitative estimate of drug-likeness (QED) is 0.728. The number of H-pyrrole nitrogens is 1. The van der Waals surface area contributed by atoms with Gasteiger partial charge in [-0.25, -0.2) is 5.10 Å². The van der Waals surface area contributed by atoms with Crippen molar-refractivity contribution >= 4 is 15.7 Å². The molecule has 0 spiro atoms. The Kier molecular flexibility index (Phi) is 4.09. The smallest absolute Gasteiger partial charge is 0.295 e. The number of anilines is 1. The number of ether oxygens (including phenoxy) is 1. The highest BCUT2D eigenvalue weighted by Crippen LogP contribution is 2.25. The fraction of sp³-hybridized carbons (Fsp3) is 0.0667. The maximum Gasteiger partial charge on any atom is 0.295 e. The number of hydrogen-bond acceptors (Lipinski definition) is 6. The van der Waals surface area contributed by atoms with E-state index in [0.29, 0.717) is 17.1 Å². The van der Waals surface area contributed by atoms with Gasteiger partial charge in [0, 0.05) is 12.1 Å². The van der Waals surface area contributed by atoms with E-state index >= 15 is 0 Å². The summed E-state index contributed by atoms with van der Waals surface area (Å²) in [6.07, 6.45) is 0. The lowest BCUT2D eigenvalue weighted by atomic mass is 10.3. The van der Waals surface area contributed by atoms with E-state index in [1.54, 1.807) is 24.3 Å². The number of nitrogens with one attached hydrogen (secondary N) is 2. The highest BCUT2D eigenvalue weighted by molar-refractivity contribution is 7.92. The van der Waals surface area contributed by atoms with Gasteiger partial charge in [0.25, 0.3) is 15.6 Å². The Bertz CT molecular complexity index is 1000. The SMILES string of the molecule is COc1cccc(NS(=O)(=O)c2ccc(-c3ccc(=O)[nH]n3)o2)c1. The fourth-order valence-corrected chi connectivity index (χ4v) is 2.96. The highest BCUT2D eigenvalue weighted by Gasteiger charge is 2.20. The summed E-state index contributed by atoms with van der Waals surface area (Å²) in [6.45, 7) is 0. The zero-order valence-electron chi connectivity index (χ0n) is 12.5. The molecule has 3 rings (SSSR count). The minimum Gasteiger partial charge on any atom is -0.497 e. The van der Waals surface area contributed by atoms with Crippen LogP contribution in [-0.2, 0) is 10.0 Å². The molecule has 0 aliphatic heterocycles. The number of nitrogens with zero attached hydrogens (tertiary/aromatic N) is 1. The van der Waals surface area contributed by atoms with E-state index < -0.39 is 10.0 Å². The van der Waals surface area contributed by atoms with Crippen molar-refractivity contribution in [2.45, 2.75) is 5.09 Å². The normalized spacial score (nSPS) is 11.2. The van der Waals surface area contributed by atoms with Crippen molar-refractivity contribution in [3.8, 4) is 17.2 Å². The van der Waals surface area contributed by atoms with Crippen LogP contribution in [0.25, 0.3) is 11.5 Å². The summed E-state index contributed by atoms with van der Waals surface area (Å²) in [6, 6.07) is 12.0. The van der Waals surface area contributed by atoms with Crippen LogP contribution >= 0.6 is 0 Å². The van der Waals surface area contributed by atoms with Crippen molar-refractivity contribution < 1.29 is 17.6 Å². The molecule has 0 unspecified atom stereocenters. The summed E-state index contributed by atoms with van der Waals surface area (Å²) in [5, 5.41) is 5.77. The molecule has 0 radical (unpaired) electrons. The van der Waals surface area contributed by atoms with Crippen LogP contribution in [0.2, 0.25) is 0 Å². The number of sulfonamides is 1. The zero-order valence-corrected chi connectivity index (χ0v) is 13.3. The van der Waals surface area contributed by atoms with Crippen LogP contribution in [0, 0.1) is 0 Å². The molecule has 8 nitrogen and oxygen atoms in total. The Labute approximate surface area is 137 Å². The molecule has 124 valence electrons. The number of aromatic nitrogens is 2. The average molecular weight is 347 g/mol. The van der Waals surface area contributed by atoms with Crippen molar-refractivity contribution in [2.75, 3.05) is 11.8 Å². The van der Waals surface area contributed by atoms with Gasteiger partial charge in [0.05, 0.1) is 12.8 Å². The van der Waals surface area contributed by atoms with Crippen LogP contribution in [0.4, 0.5) is 5.69 Å². The largest absolute Gasteiger partial charge is 0.497 e. The first-order valence-corrected chi connectivity index (χ1v) is 8.29. The predicted molar refractivity (Wildman–Crippen MR) is 86.4 cm³/mol. The Balaban J connectivity index is 1.87. The first kappa shape index (κ1) is 15.8. The van der Waals surface area contributed by atoms with Gasteiger partial charge in [0.2, 0.25) is 5.09 Å². The summed E-state index contributed by atoms with van der Waals surface area (Å²) < 4.78 is 37.5. The Morgan fingerprint density at radius 1 is 1.17 bits per heavy atom. The van der Waals surface area contributed by atoms with Gasteiger partial charge < -0.3 is 9.15 Å². The summed E-state index contributed by atoms with van der Waals surface area (Å²) in [4.78, 5) is 11.0. The Morgan fingerprint density at radius 3 is 2.71 bits per heavy atom. The molecular weight excluding hydrogens is 334 g/mol. The molecule has 2 heterocycles. The van der Waals surface area contributed by atoms with E-state index in [2.05, 4.69) is 14.9 Å². The zero-order chi connectivity index (χ0) is 17.2. The van der Waals surface area contributed by atoms with Crippen molar-refractivity contribution in [3.05, 3.63) is 58.9 Å². The van der Waals surface area contributed by atoms with Gasteiger partial charge in [-0.05, 0) is 30.3 Å². The van der Waals surface area contributed by atoms with E-state index in [-0.39, 0.29) is 16.4 Å². The van der Waals surface area contributed by atoms with Crippen LogP contribution in [0.1, 0.15) is 0 Å². The molecule has 0 aliphatic rings. The minimum absolute atomic E-state index is 0.220. The minimum atomic E-state index is -3.91. The molecule has 0 saturated carbocycles. The molecule has 24 heavy (non-hydrogen) atoms. The van der Waals surface area contributed by atoms with E-state index in [1.807, 2.05) is 0 Å². The van der Waals surface area contributed by atoms with Crippen LogP contribution in [0.15, 0.2) is 62.8 Å². The number of hydrogen-bond donors (Lipinski definition) is 2. The predicted octanol–water partition coefficient (Wildman–Crippen LogP) is 1.84. The maximum absolute atomic E-state index is 12.4. The highest BCUT2D eigenvalue weighted by atomic mass is 32.2. The van der Waals surface area contributed by atoms with Crippen LogP contribution < -0.4 is 15.0 Å². The van der Waals surface area contributed by atoms with Crippen LogP contribution in [0.5, 0.6) is 5.75 Å².